The molecule has 1 aliphatic rings. The molecule has 0 aromatic heterocycles. The van der Waals surface area contributed by atoms with Gasteiger partial charge in [0.2, 0.25) is 0 Å². The van der Waals surface area contributed by atoms with Crippen molar-refractivity contribution in [3.05, 3.63) is 35.0 Å². The molecular formula is C20H22N6. The molecule has 1 heterocycles. The van der Waals surface area contributed by atoms with Crippen LogP contribution in [0.1, 0.15) is 33.3 Å². The summed E-state index contributed by atoms with van der Waals surface area (Å²) >= 11 is 0. The number of hydrogen-bond donors (Lipinski definition) is 1. The van der Waals surface area contributed by atoms with Gasteiger partial charge in [-0.3, -0.25) is 0 Å². The van der Waals surface area contributed by atoms with Crippen LogP contribution in [0.25, 0.3) is 0 Å². The van der Waals surface area contributed by atoms with Gasteiger partial charge in [0.1, 0.15) is 18.2 Å². The molecule has 0 bridgehead atoms. The Kier molecular flexibility index (Phi) is 5.34. The summed E-state index contributed by atoms with van der Waals surface area (Å²) < 4.78 is 0. The summed E-state index contributed by atoms with van der Waals surface area (Å²) in [5.74, 6) is 0.545. The highest BCUT2D eigenvalue weighted by molar-refractivity contribution is 6.13. The van der Waals surface area contributed by atoms with E-state index in [0.717, 1.165) is 18.5 Å². The molecule has 6 nitrogen and oxygen atoms in total. The number of hydrogen-bond acceptors (Lipinski definition) is 6. The Morgan fingerprint density at radius 3 is 2.42 bits per heavy atom. The zero-order valence-corrected chi connectivity index (χ0v) is 15.5. The number of anilines is 1. The smallest absolute Gasteiger partial charge is 0.166 e. The van der Waals surface area contributed by atoms with Gasteiger partial charge in [-0.15, -0.1) is 0 Å². The monoisotopic (exact) mass is 346 g/mol. The standard InChI is InChI=1S/C20H22N6/c1-13(2)12-26-18-6-5-16(7-14(18)8-20(26,3)4)25-17(11-23)19(24)15(9-21)10-22/h5-7,13H,8,12,24H2,1-4H3. The van der Waals surface area contributed by atoms with Crippen LogP contribution < -0.4 is 10.6 Å². The molecule has 1 aromatic carbocycles. The van der Waals surface area contributed by atoms with E-state index in [1.54, 1.807) is 12.1 Å². The molecule has 2 N–H and O–H groups in total. The van der Waals surface area contributed by atoms with E-state index in [0.29, 0.717) is 11.6 Å². The van der Waals surface area contributed by atoms with E-state index in [1.807, 2.05) is 24.3 Å². The first-order chi connectivity index (χ1) is 12.2. The van der Waals surface area contributed by atoms with E-state index in [9.17, 15) is 5.26 Å². The number of fused-ring (bicyclic) bond motifs is 1. The van der Waals surface area contributed by atoms with Crippen molar-refractivity contribution in [1.29, 1.82) is 15.8 Å². The van der Waals surface area contributed by atoms with E-state index >= 15 is 0 Å². The molecule has 6 heteroatoms. The Bertz CT molecular complexity index is 884. The van der Waals surface area contributed by atoms with Crippen LogP contribution in [0.2, 0.25) is 0 Å². The fraction of sp³-hybridized carbons (Fsp3) is 0.400. The lowest BCUT2D eigenvalue weighted by Gasteiger charge is -2.35. The average Bonchev–Trinajstić information content (AvgIpc) is 2.82. The largest absolute Gasteiger partial charge is 0.395 e. The van der Waals surface area contributed by atoms with E-state index in [2.05, 4.69) is 37.6 Å². The zero-order valence-electron chi connectivity index (χ0n) is 15.5. The Balaban J connectivity index is 2.45. The van der Waals surface area contributed by atoms with Gasteiger partial charge >= 0.3 is 0 Å². The van der Waals surface area contributed by atoms with Crippen LogP contribution in [0.3, 0.4) is 0 Å². The lowest BCUT2D eigenvalue weighted by Crippen LogP contribution is -2.43. The Labute approximate surface area is 154 Å². The van der Waals surface area contributed by atoms with Gasteiger partial charge in [0.15, 0.2) is 11.3 Å². The molecule has 0 aliphatic carbocycles. The van der Waals surface area contributed by atoms with Gasteiger partial charge in [0.25, 0.3) is 0 Å². The van der Waals surface area contributed by atoms with Crippen LogP contribution in [0.5, 0.6) is 0 Å². The summed E-state index contributed by atoms with van der Waals surface area (Å²) in [6.07, 6.45) is 0.882. The molecule has 132 valence electrons. The van der Waals surface area contributed by atoms with E-state index in [4.69, 9.17) is 16.3 Å². The Morgan fingerprint density at radius 2 is 1.88 bits per heavy atom. The summed E-state index contributed by atoms with van der Waals surface area (Å²) in [7, 11) is 0. The second-order valence-corrected chi connectivity index (χ2v) is 7.39. The van der Waals surface area contributed by atoms with Crippen LogP contribution in [0.4, 0.5) is 11.4 Å². The fourth-order valence-electron chi connectivity index (χ4n) is 3.18. The molecule has 1 aromatic rings. The average molecular weight is 346 g/mol. The van der Waals surface area contributed by atoms with Crippen LogP contribution in [0, 0.1) is 39.9 Å². The van der Waals surface area contributed by atoms with Crippen molar-refractivity contribution in [3.8, 4) is 18.2 Å². The number of rotatable bonds is 4. The first-order valence-electron chi connectivity index (χ1n) is 8.43. The van der Waals surface area contributed by atoms with Crippen molar-refractivity contribution in [2.75, 3.05) is 11.4 Å². The maximum absolute atomic E-state index is 9.29. The SMILES string of the molecule is CC(C)CN1c2ccc(N=C(C#N)C(N)=C(C#N)C#N)cc2CC1(C)C. The van der Waals surface area contributed by atoms with E-state index in [-0.39, 0.29) is 22.5 Å². The minimum atomic E-state index is -0.310. The van der Waals surface area contributed by atoms with Gasteiger partial charge in [-0.25, -0.2) is 4.99 Å². The predicted octanol–water partition coefficient (Wildman–Crippen LogP) is 3.34. The highest BCUT2D eigenvalue weighted by Gasteiger charge is 2.36. The maximum atomic E-state index is 9.29. The highest BCUT2D eigenvalue weighted by Crippen LogP contribution is 2.40. The lowest BCUT2D eigenvalue weighted by atomic mass is 9.98. The second kappa shape index (κ2) is 7.30. The fourth-order valence-corrected chi connectivity index (χ4v) is 3.18. The van der Waals surface area contributed by atoms with Crippen molar-refractivity contribution in [2.45, 2.75) is 39.7 Å². The minimum absolute atomic E-state index is 0.0146. The van der Waals surface area contributed by atoms with Gasteiger partial charge in [-0.05, 0) is 49.9 Å². The number of nitrogens with zero attached hydrogens (tertiary/aromatic N) is 5. The van der Waals surface area contributed by atoms with Crippen LogP contribution in [0.15, 0.2) is 34.5 Å². The first kappa shape index (κ1) is 19.0. The summed E-state index contributed by atoms with van der Waals surface area (Å²) in [5, 5.41) is 27.1. The van der Waals surface area contributed by atoms with Crippen LogP contribution in [-0.2, 0) is 6.42 Å². The topological polar surface area (TPSA) is 113 Å². The van der Waals surface area contributed by atoms with Gasteiger partial charge < -0.3 is 10.6 Å². The van der Waals surface area contributed by atoms with E-state index < -0.39 is 0 Å². The molecule has 1 aliphatic heterocycles. The van der Waals surface area contributed by atoms with E-state index in [1.165, 1.54) is 5.69 Å². The molecule has 26 heavy (non-hydrogen) atoms. The molecule has 2 rings (SSSR count). The summed E-state index contributed by atoms with van der Waals surface area (Å²) in [6, 6.07) is 11.0. The molecule has 0 radical (unpaired) electrons. The quantitative estimate of drug-likeness (QED) is 0.663. The molecule has 0 saturated heterocycles. The minimum Gasteiger partial charge on any atom is -0.395 e. The predicted molar refractivity (Wildman–Crippen MR) is 102 cm³/mol. The third kappa shape index (κ3) is 3.68. The lowest BCUT2D eigenvalue weighted by molar-refractivity contribution is 0.454. The summed E-state index contributed by atoms with van der Waals surface area (Å²) in [5.41, 5.74) is 8.06. The maximum Gasteiger partial charge on any atom is 0.166 e. The Morgan fingerprint density at radius 1 is 1.23 bits per heavy atom. The molecule has 0 atom stereocenters. The molecule has 0 unspecified atom stereocenters. The van der Waals surface area contributed by atoms with Crippen molar-refractivity contribution in [2.24, 2.45) is 16.6 Å². The first-order valence-corrected chi connectivity index (χ1v) is 8.43. The van der Waals surface area contributed by atoms with Crippen LogP contribution >= 0.6 is 0 Å². The van der Waals surface area contributed by atoms with Crippen LogP contribution in [-0.4, -0.2) is 17.8 Å². The number of nitriles is 3. The van der Waals surface area contributed by atoms with Crippen molar-refractivity contribution < 1.29 is 0 Å². The number of allylic oxidation sites excluding steroid dienone is 2. The molecule has 0 spiro atoms. The molecule has 0 amide bonds. The highest BCUT2D eigenvalue weighted by atomic mass is 15.2. The Hall–Kier alpha value is -3.30. The van der Waals surface area contributed by atoms with Gasteiger partial charge in [0.05, 0.1) is 11.4 Å². The summed E-state index contributed by atoms with van der Waals surface area (Å²) in [6.45, 7) is 9.79. The number of nitrogens with two attached hydrogens (primary N) is 1. The van der Waals surface area contributed by atoms with Gasteiger partial charge in [-0.1, -0.05) is 13.8 Å². The summed E-state index contributed by atoms with van der Waals surface area (Å²) in [4.78, 5) is 6.66. The number of aliphatic imine (C=N–C) groups is 1. The third-order valence-corrected chi connectivity index (χ3v) is 4.35. The van der Waals surface area contributed by atoms with Crippen molar-refractivity contribution in [3.63, 3.8) is 0 Å². The van der Waals surface area contributed by atoms with Crippen molar-refractivity contribution in [1.82, 2.24) is 0 Å². The number of benzene rings is 1. The molecular weight excluding hydrogens is 324 g/mol. The normalized spacial score (nSPS) is 15.0. The molecule has 0 saturated carbocycles. The van der Waals surface area contributed by atoms with Gasteiger partial charge in [0, 0.05) is 17.8 Å². The zero-order chi connectivity index (χ0) is 19.5. The third-order valence-electron chi connectivity index (χ3n) is 4.35. The van der Waals surface area contributed by atoms with Crippen molar-refractivity contribution >= 4 is 17.1 Å². The van der Waals surface area contributed by atoms with Gasteiger partial charge in [-0.2, -0.15) is 15.8 Å². The second-order valence-electron chi connectivity index (χ2n) is 7.39. The molecule has 0 fully saturated rings.